The van der Waals surface area contributed by atoms with Gasteiger partial charge in [0.25, 0.3) is 0 Å². The Morgan fingerprint density at radius 3 is 2.53 bits per heavy atom. The lowest BCUT2D eigenvalue weighted by Gasteiger charge is -2.18. The van der Waals surface area contributed by atoms with Gasteiger partial charge in [-0.3, -0.25) is 0 Å². The van der Waals surface area contributed by atoms with Crippen LogP contribution in [0.15, 0.2) is 23.1 Å². The van der Waals surface area contributed by atoms with Crippen molar-refractivity contribution in [1.82, 2.24) is 4.31 Å². The van der Waals surface area contributed by atoms with Gasteiger partial charge in [0.05, 0.1) is 12.8 Å². The molecule has 0 radical (unpaired) electrons. The summed E-state index contributed by atoms with van der Waals surface area (Å²) in [6.45, 7) is 0.888. The van der Waals surface area contributed by atoms with Crippen molar-refractivity contribution in [3.05, 3.63) is 18.2 Å². The molecule has 0 aliphatic carbocycles. The van der Waals surface area contributed by atoms with Crippen molar-refractivity contribution in [2.24, 2.45) is 0 Å². The van der Waals surface area contributed by atoms with E-state index >= 15 is 0 Å². The fourth-order valence-electron chi connectivity index (χ4n) is 1.61. The van der Waals surface area contributed by atoms with Crippen LogP contribution in [0.3, 0.4) is 0 Å². The Hall–Kier alpha value is -1.31. The molecule has 0 fully saturated rings. The van der Waals surface area contributed by atoms with Crippen molar-refractivity contribution >= 4 is 15.7 Å². The topological polar surface area (TPSA) is 81.9 Å². The maximum Gasteiger partial charge on any atom is 0.244 e. The molecular formula is C12H20N2O4S. The number of ether oxygens (including phenoxy) is 2. The highest BCUT2D eigenvalue weighted by Gasteiger charge is 2.23. The van der Waals surface area contributed by atoms with Crippen LogP contribution in [0.1, 0.15) is 6.42 Å². The number of nitrogens with two attached hydrogens (primary N) is 1. The molecule has 0 spiro atoms. The molecule has 0 aliphatic rings. The molecule has 0 aromatic heterocycles. The SMILES string of the molecule is COCCCN(C)S(=O)(=O)c1ccc(OC)cc1N. The summed E-state index contributed by atoms with van der Waals surface area (Å²) in [4.78, 5) is 0.0909. The molecule has 1 rings (SSSR count). The lowest BCUT2D eigenvalue weighted by Crippen LogP contribution is -2.29. The number of rotatable bonds is 7. The molecule has 0 amide bonds. The molecule has 19 heavy (non-hydrogen) atoms. The number of hydrogen-bond donors (Lipinski definition) is 1. The molecule has 6 nitrogen and oxygen atoms in total. The minimum Gasteiger partial charge on any atom is -0.497 e. The van der Waals surface area contributed by atoms with Gasteiger partial charge in [0, 0.05) is 33.4 Å². The van der Waals surface area contributed by atoms with Crippen LogP contribution in [0.25, 0.3) is 0 Å². The van der Waals surface area contributed by atoms with E-state index in [-0.39, 0.29) is 10.6 Å². The summed E-state index contributed by atoms with van der Waals surface area (Å²) >= 11 is 0. The highest BCUT2D eigenvalue weighted by Crippen LogP contribution is 2.25. The lowest BCUT2D eigenvalue weighted by molar-refractivity contribution is 0.189. The van der Waals surface area contributed by atoms with E-state index in [1.807, 2.05) is 0 Å². The van der Waals surface area contributed by atoms with Gasteiger partial charge in [-0.15, -0.1) is 0 Å². The second-order valence-corrected chi connectivity index (χ2v) is 6.09. The molecule has 0 bridgehead atoms. The van der Waals surface area contributed by atoms with Crippen LogP contribution < -0.4 is 10.5 Å². The summed E-state index contributed by atoms with van der Waals surface area (Å²) in [5.74, 6) is 0.526. The zero-order chi connectivity index (χ0) is 14.5. The van der Waals surface area contributed by atoms with Crippen molar-refractivity contribution in [3.63, 3.8) is 0 Å². The Kier molecular flexibility index (Phi) is 5.59. The minimum absolute atomic E-state index is 0.0909. The molecule has 2 N–H and O–H groups in total. The van der Waals surface area contributed by atoms with Crippen LogP contribution in [-0.2, 0) is 14.8 Å². The number of methoxy groups -OCH3 is 2. The fraction of sp³-hybridized carbons (Fsp3) is 0.500. The summed E-state index contributed by atoms with van der Waals surface area (Å²) in [6, 6.07) is 4.53. The minimum atomic E-state index is -3.58. The summed E-state index contributed by atoms with van der Waals surface area (Å²) < 4.78 is 35.8. The van der Waals surface area contributed by atoms with Crippen LogP contribution in [0, 0.1) is 0 Å². The third-order valence-corrected chi connectivity index (χ3v) is 4.66. The quantitative estimate of drug-likeness (QED) is 0.596. The zero-order valence-electron chi connectivity index (χ0n) is 11.4. The summed E-state index contributed by atoms with van der Waals surface area (Å²) in [5.41, 5.74) is 5.94. The molecule has 0 saturated carbocycles. The smallest absolute Gasteiger partial charge is 0.244 e. The predicted molar refractivity (Wildman–Crippen MR) is 73.7 cm³/mol. The average Bonchev–Trinajstić information content (AvgIpc) is 2.38. The van der Waals surface area contributed by atoms with Gasteiger partial charge in [0.15, 0.2) is 0 Å². The number of anilines is 1. The van der Waals surface area contributed by atoms with Crippen LogP contribution in [-0.4, -0.2) is 47.1 Å². The number of benzene rings is 1. The van der Waals surface area contributed by atoms with Crippen LogP contribution >= 0.6 is 0 Å². The maximum atomic E-state index is 12.3. The standard InChI is InChI=1S/C12H20N2O4S/c1-14(7-4-8-17-2)19(15,16)12-6-5-10(18-3)9-11(12)13/h5-6,9H,4,7-8,13H2,1-3H3. The highest BCUT2D eigenvalue weighted by molar-refractivity contribution is 7.89. The molecule has 0 aliphatic heterocycles. The lowest BCUT2D eigenvalue weighted by atomic mass is 10.3. The van der Waals surface area contributed by atoms with E-state index in [1.54, 1.807) is 13.2 Å². The van der Waals surface area contributed by atoms with Crippen LogP contribution in [0.4, 0.5) is 5.69 Å². The van der Waals surface area contributed by atoms with Crippen molar-refractivity contribution in [1.29, 1.82) is 0 Å². The van der Waals surface area contributed by atoms with Crippen molar-refractivity contribution in [3.8, 4) is 5.75 Å². The first-order valence-corrected chi connectivity index (χ1v) is 7.26. The normalized spacial score (nSPS) is 11.8. The van der Waals surface area contributed by atoms with Gasteiger partial charge in [0.2, 0.25) is 10.0 Å². The van der Waals surface area contributed by atoms with Gasteiger partial charge in [-0.1, -0.05) is 0 Å². The van der Waals surface area contributed by atoms with Gasteiger partial charge < -0.3 is 15.2 Å². The summed E-state index contributed by atoms with van der Waals surface area (Å²) in [6.07, 6.45) is 0.627. The van der Waals surface area contributed by atoms with Crippen molar-refractivity contribution < 1.29 is 17.9 Å². The number of nitrogen functional groups attached to an aromatic ring is 1. The monoisotopic (exact) mass is 288 g/mol. The number of nitrogens with zero attached hydrogens (tertiary/aromatic N) is 1. The van der Waals surface area contributed by atoms with E-state index in [0.717, 1.165) is 0 Å². The van der Waals surface area contributed by atoms with Crippen LogP contribution in [0.2, 0.25) is 0 Å². The van der Waals surface area contributed by atoms with Crippen LogP contribution in [0.5, 0.6) is 5.75 Å². The van der Waals surface area contributed by atoms with E-state index in [9.17, 15) is 8.42 Å². The second kappa shape index (κ2) is 6.74. The molecular weight excluding hydrogens is 268 g/mol. The van der Waals surface area contributed by atoms with Crippen molar-refractivity contribution in [2.75, 3.05) is 40.2 Å². The molecule has 0 saturated heterocycles. The Morgan fingerprint density at radius 1 is 1.32 bits per heavy atom. The number of hydrogen-bond acceptors (Lipinski definition) is 5. The second-order valence-electron chi connectivity index (χ2n) is 4.08. The van der Waals surface area contributed by atoms with E-state index in [1.165, 1.54) is 30.6 Å². The fourth-order valence-corrected chi connectivity index (χ4v) is 2.91. The Labute approximate surface area is 114 Å². The van der Waals surface area contributed by atoms with E-state index in [0.29, 0.717) is 25.3 Å². The first-order valence-electron chi connectivity index (χ1n) is 5.82. The van der Waals surface area contributed by atoms with Gasteiger partial charge in [-0.05, 0) is 18.6 Å². The molecule has 1 aromatic rings. The molecule has 1 aromatic carbocycles. The largest absolute Gasteiger partial charge is 0.497 e. The Balaban J connectivity index is 2.93. The third-order valence-electron chi connectivity index (χ3n) is 2.73. The summed E-state index contributed by atoms with van der Waals surface area (Å²) in [5, 5.41) is 0. The molecule has 0 unspecified atom stereocenters. The Morgan fingerprint density at radius 2 is 2.00 bits per heavy atom. The average molecular weight is 288 g/mol. The number of sulfonamides is 1. The van der Waals surface area contributed by atoms with E-state index < -0.39 is 10.0 Å². The zero-order valence-corrected chi connectivity index (χ0v) is 12.2. The molecule has 0 heterocycles. The first-order chi connectivity index (χ1) is 8.93. The first kappa shape index (κ1) is 15.7. The van der Waals surface area contributed by atoms with Gasteiger partial charge in [0.1, 0.15) is 10.6 Å². The maximum absolute atomic E-state index is 12.3. The summed E-state index contributed by atoms with van der Waals surface area (Å²) in [7, 11) is 1.02. The van der Waals surface area contributed by atoms with Gasteiger partial charge in [-0.25, -0.2) is 12.7 Å². The predicted octanol–water partition coefficient (Wildman–Crippen LogP) is 0.934. The van der Waals surface area contributed by atoms with E-state index in [2.05, 4.69) is 0 Å². The molecule has 0 atom stereocenters. The Bertz CT molecular complexity index is 516. The highest BCUT2D eigenvalue weighted by atomic mass is 32.2. The molecule has 7 heteroatoms. The molecule has 108 valence electrons. The van der Waals surface area contributed by atoms with Gasteiger partial charge >= 0.3 is 0 Å². The third kappa shape index (κ3) is 3.82. The van der Waals surface area contributed by atoms with Crippen molar-refractivity contribution in [2.45, 2.75) is 11.3 Å². The van der Waals surface area contributed by atoms with Gasteiger partial charge in [-0.2, -0.15) is 0 Å². The van der Waals surface area contributed by atoms with E-state index in [4.69, 9.17) is 15.2 Å².